The SMILES string of the molecule is CCNS(=O)(=O)N1CC(C)(OCC(=O)O)C1. The minimum atomic E-state index is -3.43. The summed E-state index contributed by atoms with van der Waals surface area (Å²) in [4.78, 5) is 10.3. The first-order valence-electron chi connectivity index (χ1n) is 4.89. The second-order valence-electron chi connectivity index (χ2n) is 3.90. The highest BCUT2D eigenvalue weighted by Crippen LogP contribution is 2.26. The van der Waals surface area contributed by atoms with Crippen LogP contribution >= 0.6 is 0 Å². The molecular formula is C8H16N2O5S. The van der Waals surface area contributed by atoms with Crippen molar-refractivity contribution in [3.05, 3.63) is 0 Å². The van der Waals surface area contributed by atoms with E-state index in [0.717, 1.165) is 0 Å². The molecule has 1 heterocycles. The van der Waals surface area contributed by atoms with E-state index in [0.29, 0.717) is 6.54 Å². The Morgan fingerprint density at radius 1 is 1.56 bits per heavy atom. The molecular weight excluding hydrogens is 236 g/mol. The molecule has 7 nitrogen and oxygen atoms in total. The number of rotatable bonds is 6. The Balaban J connectivity index is 2.44. The van der Waals surface area contributed by atoms with Gasteiger partial charge in [0.05, 0.1) is 5.60 Å². The van der Waals surface area contributed by atoms with Gasteiger partial charge in [-0.2, -0.15) is 12.7 Å². The Hall–Kier alpha value is -0.700. The van der Waals surface area contributed by atoms with E-state index in [1.165, 1.54) is 4.31 Å². The van der Waals surface area contributed by atoms with Gasteiger partial charge in [0.25, 0.3) is 10.2 Å². The van der Waals surface area contributed by atoms with Crippen molar-refractivity contribution in [1.29, 1.82) is 0 Å². The van der Waals surface area contributed by atoms with Gasteiger partial charge in [0.1, 0.15) is 6.61 Å². The van der Waals surface area contributed by atoms with Gasteiger partial charge in [-0.15, -0.1) is 0 Å². The molecule has 2 N–H and O–H groups in total. The van der Waals surface area contributed by atoms with Crippen molar-refractivity contribution >= 4 is 16.2 Å². The molecule has 1 aliphatic rings. The van der Waals surface area contributed by atoms with Gasteiger partial charge < -0.3 is 9.84 Å². The average Bonchev–Trinajstić information content (AvgIpc) is 2.10. The van der Waals surface area contributed by atoms with Crippen LogP contribution in [0.25, 0.3) is 0 Å². The van der Waals surface area contributed by atoms with Gasteiger partial charge in [-0.3, -0.25) is 0 Å². The first-order valence-corrected chi connectivity index (χ1v) is 6.33. The maximum absolute atomic E-state index is 11.5. The van der Waals surface area contributed by atoms with Gasteiger partial charge in [0, 0.05) is 19.6 Å². The van der Waals surface area contributed by atoms with E-state index in [2.05, 4.69) is 4.72 Å². The van der Waals surface area contributed by atoms with Crippen LogP contribution in [0, 0.1) is 0 Å². The van der Waals surface area contributed by atoms with E-state index in [4.69, 9.17) is 9.84 Å². The lowest BCUT2D eigenvalue weighted by Gasteiger charge is -2.45. The lowest BCUT2D eigenvalue weighted by molar-refractivity contribution is -0.157. The smallest absolute Gasteiger partial charge is 0.329 e. The van der Waals surface area contributed by atoms with E-state index < -0.39 is 28.4 Å². The summed E-state index contributed by atoms with van der Waals surface area (Å²) in [5.41, 5.74) is -0.694. The normalized spacial score (nSPS) is 20.4. The van der Waals surface area contributed by atoms with Gasteiger partial charge in [0.2, 0.25) is 0 Å². The Bertz CT molecular complexity index is 361. The number of carboxylic acids is 1. The molecule has 0 aromatic rings. The molecule has 16 heavy (non-hydrogen) atoms. The lowest BCUT2D eigenvalue weighted by Crippen LogP contribution is -2.65. The Labute approximate surface area is 94.6 Å². The molecule has 0 aromatic heterocycles. The number of nitrogens with one attached hydrogen (secondary N) is 1. The largest absolute Gasteiger partial charge is 0.480 e. The first-order chi connectivity index (χ1) is 7.29. The zero-order valence-electron chi connectivity index (χ0n) is 9.26. The summed E-state index contributed by atoms with van der Waals surface area (Å²) in [5.74, 6) is -1.06. The van der Waals surface area contributed by atoms with Crippen LogP contribution in [-0.4, -0.2) is 55.6 Å². The second-order valence-corrected chi connectivity index (χ2v) is 5.66. The minimum absolute atomic E-state index is 0.176. The van der Waals surface area contributed by atoms with Gasteiger partial charge in [-0.05, 0) is 6.92 Å². The molecule has 0 aromatic carbocycles. The topological polar surface area (TPSA) is 95.9 Å². The van der Waals surface area contributed by atoms with E-state index in [9.17, 15) is 13.2 Å². The van der Waals surface area contributed by atoms with E-state index in [-0.39, 0.29) is 13.1 Å². The van der Waals surface area contributed by atoms with Gasteiger partial charge in [0.15, 0.2) is 0 Å². The van der Waals surface area contributed by atoms with E-state index in [1.54, 1.807) is 13.8 Å². The molecule has 1 rings (SSSR count). The molecule has 0 bridgehead atoms. The van der Waals surface area contributed by atoms with Crippen molar-refractivity contribution in [2.75, 3.05) is 26.2 Å². The third kappa shape index (κ3) is 3.14. The second kappa shape index (κ2) is 4.66. The molecule has 0 amide bonds. The number of ether oxygens (including phenoxy) is 1. The van der Waals surface area contributed by atoms with Crippen molar-refractivity contribution in [2.45, 2.75) is 19.4 Å². The standard InChI is InChI=1S/C8H16N2O5S/c1-3-9-16(13,14)10-5-8(2,6-10)15-4-7(11)12/h9H,3-6H2,1-2H3,(H,11,12). The Kier molecular flexibility index (Phi) is 3.89. The van der Waals surface area contributed by atoms with Crippen LogP contribution in [0.2, 0.25) is 0 Å². The molecule has 0 unspecified atom stereocenters. The van der Waals surface area contributed by atoms with Gasteiger partial charge >= 0.3 is 5.97 Å². The van der Waals surface area contributed by atoms with Crippen LogP contribution in [0.4, 0.5) is 0 Å². The third-order valence-corrected chi connectivity index (χ3v) is 3.82. The summed E-state index contributed by atoms with van der Waals surface area (Å²) in [7, 11) is -3.43. The highest BCUT2D eigenvalue weighted by molar-refractivity contribution is 7.87. The number of hydrogen-bond acceptors (Lipinski definition) is 4. The van der Waals surface area contributed by atoms with Crippen LogP contribution in [-0.2, 0) is 19.7 Å². The van der Waals surface area contributed by atoms with Crippen molar-refractivity contribution in [3.8, 4) is 0 Å². The highest BCUT2D eigenvalue weighted by Gasteiger charge is 2.45. The molecule has 0 spiro atoms. The fourth-order valence-corrected chi connectivity index (χ4v) is 2.90. The molecule has 1 aliphatic heterocycles. The van der Waals surface area contributed by atoms with Crippen LogP contribution < -0.4 is 4.72 Å². The number of aliphatic carboxylic acids is 1. The van der Waals surface area contributed by atoms with Crippen LogP contribution in [0.5, 0.6) is 0 Å². The van der Waals surface area contributed by atoms with Crippen molar-refractivity contribution in [3.63, 3.8) is 0 Å². The number of nitrogens with zero attached hydrogens (tertiary/aromatic N) is 1. The Morgan fingerprint density at radius 2 is 2.12 bits per heavy atom. The number of carbonyl (C=O) groups is 1. The van der Waals surface area contributed by atoms with E-state index >= 15 is 0 Å². The summed E-state index contributed by atoms with van der Waals surface area (Å²) in [6.45, 7) is 3.65. The van der Waals surface area contributed by atoms with Gasteiger partial charge in [-0.1, -0.05) is 6.92 Å². The molecule has 0 radical (unpaired) electrons. The maximum Gasteiger partial charge on any atom is 0.329 e. The van der Waals surface area contributed by atoms with Crippen molar-refractivity contribution in [1.82, 2.24) is 9.03 Å². The quantitative estimate of drug-likeness (QED) is 0.633. The molecule has 1 saturated heterocycles. The number of carboxylic acid groups (broad SMARTS) is 1. The lowest BCUT2D eigenvalue weighted by atomic mass is 10.0. The fraction of sp³-hybridized carbons (Fsp3) is 0.875. The predicted molar refractivity (Wildman–Crippen MR) is 56.2 cm³/mol. The average molecular weight is 252 g/mol. The number of hydrogen-bond donors (Lipinski definition) is 2. The Morgan fingerprint density at radius 3 is 2.56 bits per heavy atom. The first kappa shape index (κ1) is 13.4. The molecule has 94 valence electrons. The third-order valence-electron chi connectivity index (χ3n) is 2.23. The maximum atomic E-state index is 11.5. The van der Waals surface area contributed by atoms with Crippen molar-refractivity contribution in [2.24, 2.45) is 0 Å². The molecule has 0 atom stereocenters. The summed E-state index contributed by atoms with van der Waals surface area (Å²) in [5, 5.41) is 8.44. The van der Waals surface area contributed by atoms with Gasteiger partial charge in [-0.25, -0.2) is 9.52 Å². The van der Waals surface area contributed by atoms with Crippen LogP contribution in [0.1, 0.15) is 13.8 Å². The molecule has 0 aliphatic carbocycles. The van der Waals surface area contributed by atoms with Crippen LogP contribution in [0.3, 0.4) is 0 Å². The van der Waals surface area contributed by atoms with Crippen LogP contribution in [0.15, 0.2) is 0 Å². The summed E-state index contributed by atoms with van der Waals surface area (Å²) in [6.07, 6.45) is 0. The van der Waals surface area contributed by atoms with Crippen molar-refractivity contribution < 1.29 is 23.1 Å². The summed E-state index contributed by atoms with van der Waals surface area (Å²) in [6, 6.07) is 0. The zero-order chi connectivity index (χ0) is 12.4. The molecule has 8 heteroatoms. The molecule has 1 fully saturated rings. The minimum Gasteiger partial charge on any atom is -0.480 e. The predicted octanol–water partition coefficient (Wildman–Crippen LogP) is -0.984. The zero-order valence-corrected chi connectivity index (χ0v) is 10.1. The monoisotopic (exact) mass is 252 g/mol. The fourth-order valence-electron chi connectivity index (χ4n) is 1.47. The summed E-state index contributed by atoms with van der Waals surface area (Å²) >= 11 is 0. The molecule has 0 saturated carbocycles. The highest BCUT2D eigenvalue weighted by atomic mass is 32.2. The van der Waals surface area contributed by atoms with E-state index in [1.807, 2.05) is 0 Å². The summed E-state index contributed by atoms with van der Waals surface area (Å²) < 4.78 is 31.6.